The number of methoxy groups -OCH3 is 2. The molecule has 0 aliphatic carbocycles. The Kier molecular flexibility index (Phi) is 7.99. The first-order chi connectivity index (χ1) is 14.3. The Morgan fingerprint density at radius 3 is 2.43 bits per heavy atom. The Morgan fingerprint density at radius 2 is 1.77 bits per heavy atom. The highest BCUT2D eigenvalue weighted by Crippen LogP contribution is 2.25. The second kappa shape index (κ2) is 10.7. The van der Waals surface area contributed by atoms with Gasteiger partial charge in [0.15, 0.2) is 6.61 Å². The van der Waals surface area contributed by atoms with Crippen LogP contribution in [0.1, 0.15) is 16.7 Å². The molecule has 0 spiro atoms. The summed E-state index contributed by atoms with van der Waals surface area (Å²) in [4.78, 5) is 35.6. The molecule has 2 aromatic rings. The number of esters is 1. The van der Waals surface area contributed by atoms with Crippen LogP contribution in [0.15, 0.2) is 42.5 Å². The van der Waals surface area contributed by atoms with Gasteiger partial charge >= 0.3 is 12.0 Å². The summed E-state index contributed by atoms with van der Waals surface area (Å²) >= 11 is 0. The second-order valence-corrected chi connectivity index (χ2v) is 6.37. The average molecular weight is 412 g/mol. The summed E-state index contributed by atoms with van der Waals surface area (Å²) in [5.41, 5.74) is 3.14. The number of benzene rings is 2. The molecule has 8 nitrogen and oxygen atoms in total. The number of nitrogens with one attached hydrogen (secondary N) is 2. The van der Waals surface area contributed by atoms with Gasteiger partial charge in [0.2, 0.25) is 0 Å². The Labute approximate surface area is 174 Å². The molecule has 0 fully saturated rings. The maximum Gasteiger partial charge on any atom is 0.331 e. The number of amides is 3. The van der Waals surface area contributed by atoms with Crippen molar-refractivity contribution in [2.24, 2.45) is 0 Å². The molecular weight excluding hydrogens is 388 g/mol. The molecule has 0 saturated carbocycles. The molecular formula is C22H24N2O6. The molecule has 0 atom stereocenters. The number of anilines is 1. The monoisotopic (exact) mass is 412 g/mol. The standard InChI is InChI=1S/C22H24N2O6/c1-14-5-9-18(15(2)11-14)23-22(27)24-20(25)13-30-21(26)10-7-16-6-8-17(28-3)12-19(16)29-4/h5-12H,13H2,1-4H3,(H2,23,24,25,27)/b10-7+. The molecule has 0 radical (unpaired) electrons. The van der Waals surface area contributed by atoms with Crippen LogP contribution in [0.2, 0.25) is 0 Å². The van der Waals surface area contributed by atoms with Crippen LogP contribution in [0, 0.1) is 13.8 Å². The molecule has 2 N–H and O–H groups in total. The van der Waals surface area contributed by atoms with Crippen LogP contribution in [0.4, 0.5) is 10.5 Å². The van der Waals surface area contributed by atoms with Gasteiger partial charge in [-0.3, -0.25) is 10.1 Å². The van der Waals surface area contributed by atoms with Crippen LogP contribution in [0.25, 0.3) is 6.08 Å². The van der Waals surface area contributed by atoms with Crippen molar-refractivity contribution in [2.75, 3.05) is 26.1 Å². The smallest absolute Gasteiger partial charge is 0.331 e. The zero-order valence-electron chi connectivity index (χ0n) is 17.3. The van der Waals surface area contributed by atoms with E-state index in [0.29, 0.717) is 22.7 Å². The Balaban J connectivity index is 1.83. The van der Waals surface area contributed by atoms with Crippen molar-refractivity contribution in [3.8, 4) is 11.5 Å². The summed E-state index contributed by atoms with van der Waals surface area (Å²) in [6, 6.07) is 9.89. The van der Waals surface area contributed by atoms with Gasteiger partial charge in [0.1, 0.15) is 11.5 Å². The minimum absolute atomic E-state index is 0.513. The van der Waals surface area contributed by atoms with Gasteiger partial charge in [-0.1, -0.05) is 17.7 Å². The minimum atomic E-state index is -0.749. The van der Waals surface area contributed by atoms with E-state index in [1.54, 1.807) is 24.3 Å². The summed E-state index contributed by atoms with van der Waals surface area (Å²) in [5.74, 6) is -0.361. The molecule has 30 heavy (non-hydrogen) atoms. The van der Waals surface area contributed by atoms with Crippen LogP contribution in [0.3, 0.4) is 0 Å². The van der Waals surface area contributed by atoms with Gasteiger partial charge in [0.25, 0.3) is 5.91 Å². The van der Waals surface area contributed by atoms with Gasteiger partial charge in [-0.05, 0) is 43.7 Å². The van der Waals surface area contributed by atoms with E-state index in [-0.39, 0.29) is 0 Å². The lowest BCUT2D eigenvalue weighted by Crippen LogP contribution is -2.37. The van der Waals surface area contributed by atoms with Gasteiger partial charge in [-0.15, -0.1) is 0 Å². The van der Waals surface area contributed by atoms with Crippen LogP contribution in [-0.4, -0.2) is 38.7 Å². The zero-order chi connectivity index (χ0) is 22.1. The third-order valence-corrected chi connectivity index (χ3v) is 4.07. The molecule has 0 aliphatic rings. The van der Waals surface area contributed by atoms with Gasteiger partial charge in [0.05, 0.1) is 14.2 Å². The zero-order valence-corrected chi connectivity index (χ0v) is 17.3. The maximum atomic E-state index is 11.9. The third kappa shape index (κ3) is 6.66. The Morgan fingerprint density at radius 1 is 1.00 bits per heavy atom. The molecule has 0 aromatic heterocycles. The first kappa shape index (κ1) is 22.5. The van der Waals surface area contributed by atoms with Crippen LogP contribution in [0.5, 0.6) is 11.5 Å². The Bertz CT molecular complexity index is 968. The van der Waals surface area contributed by atoms with E-state index in [0.717, 1.165) is 17.2 Å². The van der Waals surface area contributed by atoms with E-state index in [1.165, 1.54) is 20.3 Å². The third-order valence-electron chi connectivity index (χ3n) is 4.07. The van der Waals surface area contributed by atoms with Crippen LogP contribution in [-0.2, 0) is 14.3 Å². The number of imide groups is 1. The van der Waals surface area contributed by atoms with Crippen molar-refractivity contribution in [1.29, 1.82) is 0 Å². The number of carbonyl (C=O) groups excluding carboxylic acids is 3. The van der Waals surface area contributed by atoms with Crippen molar-refractivity contribution in [2.45, 2.75) is 13.8 Å². The molecule has 0 aliphatic heterocycles. The number of ether oxygens (including phenoxy) is 3. The molecule has 8 heteroatoms. The maximum absolute atomic E-state index is 11.9. The lowest BCUT2D eigenvalue weighted by Gasteiger charge is -2.10. The molecule has 0 bridgehead atoms. The van der Waals surface area contributed by atoms with E-state index < -0.39 is 24.5 Å². The van der Waals surface area contributed by atoms with E-state index in [1.807, 2.05) is 26.0 Å². The first-order valence-corrected chi connectivity index (χ1v) is 9.07. The van der Waals surface area contributed by atoms with E-state index >= 15 is 0 Å². The second-order valence-electron chi connectivity index (χ2n) is 6.37. The largest absolute Gasteiger partial charge is 0.497 e. The number of aryl methyl sites for hydroxylation is 2. The van der Waals surface area contributed by atoms with Gasteiger partial charge in [-0.2, -0.15) is 0 Å². The SMILES string of the molecule is COc1ccc(/C=C/C(=O)OCC(=O)NC(=O)Nc2ccc(C)cc2C)c(OC)c1. The summed E-state index contributed by atoms with van der Waals surface area (Å²) < 4.78 is 15.2. The quantitative estimate of drug-likeness (QED) is 0.535. The molecule has 2 rings (SSSR count). The summed E-state index contributed by atoms with van der Waals surface area (Å²) in [6.07, 6.45) is 2.65. The van der Waals surface area contributed by atoms with Crippen LogP contribution >= 0.6 is 0 Å². The summed E-state index contributed by atoms with van der Waals surface area (Å²) in [5, 5.41) is 4.68. The van der Waals surface area contributed by atoms with Crippen molar-refractivity contribution in [3.63, 3.8) is 0 Å². The van der Waals surface area contributed by atoms with E-state index in [9.17, 15) is 14.4 Å². The highest BCUT2D eigenvalue weighted by atomic mass is 16.5. The molecule has 158 valence electrons. The fourth-order valence-corrected chi connectivity index (χ4v) is 2.57. The molecule has 2 aromatic carbocycles. The highest BCUT2D eigenvalue weighted by Gasteiger charge is 2.11. The summed E-state index contributed by atoms with van der Waals surface area (Å²) in [6.45, 7) is 3.19. The Hall–Kier alpha value is -3.81. The first-order valence-electron chi connectivity index (χ1n) is 9.07. The fraction of sp³-hybridized carbons (Fsp3) is 0.227. The molecule has 0 saturated heterocycles. The van der Waals surface area contributed by atoms with Gasteiger partial charge in [0, 0.05) is 23.4 Å². The highest BCUT2D eigenvalue weighted by molar-refractivity contribution is 6.02. The van der Waals surface area contributed by atoms with Gasteiger partial charge in [-0.25, -0.2) is 9.59 Å². The normalized spacial score (nSPS) is 10.4. The molecule has 3 amide bonds. The lowest BCUT2D eigenvalue weighted by molar-refractivity contribution is -0.143. The van der Waals surface area contributed by atoms with E-state index in [2.05, 4.69) is 10.6 Å². The minimum Gasteiger partial charge on any atom is -0.497 e. The average Bonchev–Trinajstić information content (AvgIpc) is 2.72. The van der Waals surface area contributed by atoms with Crippen molar-refractivity contribution >= 4 is 29.7 Å². The molecule has 0 unspecified atom stereocenters. The van der Waals surface area contributed by atoms with Gasteiger partial charge < -0.3 is 19.5 Å². The number of hydrogen-bond donors (Lipinski definition) is 2. The van der Waals surface area contributed by atoms with Crippen molar-refractivity contribution in [1.82, 2.24) is 5.32 Å². The number of hydrogen-bond acceptors (Lipinski definition) is 6. The number of rotatable bonds is 7. The van der Waals surface area contributed by atoms with Crippen molar-refractivity contribution in [3.05, 3.63) is 59.2 Å². The predicted molar refractivity (Wildman–Crippen MR) is 113 cm³/mol. The number of carbonyl (C=O) groups is 3. The topological polar surface area (TPSA) is 103 Å². The molecule has 0 heterocycles. The van der Waals surface area contributed by atoms with E-state index in [4.69, 9.17) is 14.2 Å². The fourth-order valence-electron chi connectivity index (χ4n) is 2.57. The number of urea groups is 1. The lowest BCUT2D eigenvalue weighted by atomic mass is 10.1. The summed E-state index contributed by atoms with van der Waals surface area (Å²) in [7, 11) is 3.03. The predicted octanol–water partition coefficient (Wildman–Crippen LogP) is 3.23. The van der Waals surface area contributed by atoms with Crippen LogP contribution < -0.4 is 20.1 Å². The van der Waals surface area contributed by atoms with Crippen molar-refractivity contribution < 1.29 is 28.6 Å².